The van der Waals surface area contributed by atoms with Gasteiger partial charge < -0.3 is 20.5 Å². The van der Waals surface area contributed by atoms with E-state index in [2.05, 4.69) is 63.1 Å². The van der Waals surface area contributed by atoms with Crippen molar-refractivity contribution in [1.82, 2.24) is 10.3 Å². The number of nitrogens with one attached hydrogen (secondary N) is 1. The topological polar surface area (TPSA) is 81.8 Å². The molecule has 2 atom stereocenters. The van der Waals surface area contributed by atoms with E-state index in [1.165, 1.54) is 38.5 Å². The zero-order valence-electron chi connectivity index (χ0n) is 30.6. The number of hydrogen-bond acceptors (Lipinski definition) is 6. The van der Waals surface area contributed by atoms with E-state index in [4.69, 9.17) is 20.2 Å². The standard InChI is InChI=1S/C25H32N4O2.C10H22.2C2H6/c1-5-11-28-24(17(3)6-2)18-7-8-20(23(14-18)31-16-30-4)25-19-9-12-27-15-21(19)22(26)10-13-29-25;1-4-6-7-8-9-10(3)5-2;2*1-2/h5,7-9,11-12,14-15,17,29H,6,10,13,16,26H2,1-4H3;10H,4-9H2,1-3H3;2*1-2H3/b11-5-,28-24?;;;. The Bertz CT molecular complexity index is 1240. The molecular formula is C39H66N4O2. The van der Waals surface area contributed by atoms with Gasteiger partial charge in [0.25, 0.3) is 0 Å². The molecule has 1 aliphatic heterocycles. The Morgan fingerprint density at radius 1 is 1.02 bits per heavy atom. The molecule has 2 unspecified atom stereocenters. The highest BCUT2D eigenvalue weighted by molar-refractivity contribution is 6.03. The van der Waals surface area contributed by atoms with E-state index in [1.807, 2.05) is 59.2 Å². The van der Waals surface area contributed by atoms with E-state index >= 15 is 0 Å². The molecule has 2 heterocycles. The Morgan fingerprint density at radius 3 is 2.38 bits per heavy atom. The summed E-state index contributed by atoms with van der Waals surface area (Å²) in [5, 5.41) is 5.52. The molecule has 3 N–H and O–H groups in total. The Balaban J connectivity index is 0.00000117. The van der Waals surface area contributed by atoms with Crippen molar-refractivity contribution in [3.63, 3.8) is 0 Å². The predicted molar refractivity (Wildman–Crippen MR) is 197 cm³/mol. The minimum Gasteiger partial charge on any atom is -0.467 e. The third kappa shape index (κ3) is 14.7. The molecular weight excluding hydrogens is 556 g/mol. The molecule has 6 nitrogen and oxygen atoms in total. The summed E-state index contributed by atoms with van der Waals surface area (Å²) in [5.41, 5.74) is 11.2. The molecule has 2 aromatic rings. The maximum Gasteiger partial charge on any atom is 0.188 e. The van der Waals surface area contributed by atoms with E-state index in [9.17, 15) is 0 Å². The fourth-order valence-electron chi connectivity index (χ4n) is 4.75. The summed E-state index contributed by atoms with van der Waals surface area (Å²) in [6, 6.07) is 8.23. The van der Waals surface area contributed by atoms with Gasteiger partial charge in [-0.2, -0.15) is 0 Å². The van der Waals surface area contributed by atoms with Crippen LogP contribution in [0.1, 0.15) is 132 Å². The molecule has 0 spiro atoms. The van der Waals surface area contributed by atoms with Gasteiger partial charge in [-0.1, -0.05) is 113 Å². The third-order valence-corrected chi connectivity index (χ3v) is 7.70. The van der Waals surface area contributed by atoms with Crippen molar-refractivity contribution in [3.8, 4) is 5.75 Å². The Labute approximate surface area is 276 Å². The first-order valence-electron chi connectivity index (χ1n) is 17.5. The first kappa shape index (κ1) is 41.9. The first-order valence-corrected chi connectivity index (χ1v) is 17.5. The first-order chi connectivity index (χ1) is 21.9. The minimum atomic E-state index is 0.159. The van der Waals surface area contributed by atoms with Gasteiger partial charge in [-0.05, 0) is 48.9 Å². The highest BCUT2D eigenvalue weighted by atomic mass is 16.7. The number of aliphatic imine (C=N–C) groups is 1. The van der Waals surface area contributed by atoms with Crippen molar-refractivity contribution >= 4 is 17.1 Å². The third-order valence-electron chi connectivity index (χ3n) is 7.70. The van der Waals surface area contributed by atoms with Crippen molar-refractivity contribution < 1.29 is 9.47 Å². The predicted octanol–water partition coefficient (Wildman–Crippen LogP) is 8.71. The summed E-state index contributed by atoms with van der Waals surface area (Å²) >= 11 is 0. The van der Waals surface area contributed by atoms with Crippen LogP contribution in [0.2, 0.25) is 0 Å². The van der Waals surface area contributed by atoms with Crippen molar-refractivity contribution in [1.29, 1.82) is 0 Å². The van der Waals surface area contributed by atoms with Gasteiger partial charge in [-0.15, -0.1) is 0 Å². The van der Waals surface area contributed by atoms with Gasteiger partial charge in [0, 0.05) is 60.4 Å². The summed E-state index contributed by atoms with van der Waals surface area (Å²) in [5.74, 6) is 2.01. The molecule has 0 saturated heterocycles. The summed E-state index contributed by atoms with van der Waals surface area (Å²) in [6.45, 7) is 22.1. The molecule has 0 fully saturated rings. The summed E-state index contributed by atoms with van der Waals surface area (Å²) in [6.07, 6.45) is 17.6. The van der Waals surface area contributed by atoms with Crippen molar-refractivity contribution in [2.24, 2.45) is 22.6 Å². The van der Waals surface area contributed by atoms with Crippen LogP contribution in [-0.4, -0.2) is 31.1 Å². The molecule has 1 aromatic heterocycles. The number of rotatable bonds is 14. The summed E-state index contributed by atoms with van der Waals surface area (Å²) in [7, 11) is 1.62. The number of unbranched alkanes of at least 4 members (excludes halogenated alkanes) is 3. The second-order valence-corrected chi connectivity index (χ2v) is 10.9. The Morgan fingerprint density at radius 2 is 1.76 bits per heavy atom. The quantitative estimate of drug-likeness (QED) is 0.125. The number of hydrogen-bond donors (Lipinski definition) is 2. The van der Waals surface area contributed by atoms with E-state index in [0.29, 0.717) is 5.92 Å². The summed E-state index contributed by atoms with van der Waals surface area (Å²) in [4.78, 5) is 8.98. The van der Waals surface area contributed by atoms with Gasteiger partial charge >= 0.3 is 0 Å². The molecule has 0 radical (unpaired) electrons. The highest BCUT2D eigenvalue weighted by Gasteiger charge is 2.18. The largest absolute Gasteiger partial charge is 0.467 e. The number of allylic oxidation sites excluding steroid dienone is 1. The maximum absolute atomic E-state index is 6.31. The number of nitrogens with zero attached hydrogens (tertiary/aromatic N) is 2. The van der Waals surface area contributed by atoms with Crippen molar-refractivity contribution in [2.45, 2.75) is 121 Å². The Kier molecular flexibility index (Phi) is 24.3. The Hall–Kier alpha value is -3.12. The van der Waals surface area contributed by atoms with Crippen molar-refractivity contribution in [3.05, 3.63) is 70.5 Å². The zero-order chi connectivity index (χ0) is 34.0. The molecule has 1 aliphatic rings. The van der Waals surface area contributed by atoms with Crippen LogP contribution >= 0.6 is 0 Å². The van der Waals surface area contributed by atoms with Crippen LogP contribution in [-0.2, 0) is 4.74 Å². The smallest absolute Gasteiger partial charge is 0.188 e. The van der Waals surface area contributed by atoms with Gasteiger partial charge in [0.15, 0.2) is 6.79 Å². The average molecular weight is 623 g/mol. The number of aromatic nitrogens is 1. The molecule has 254 valence electrons. The number of pyridine rings is 1. The van der Waals surface area contributed by atoms with E-state index < -0.39 is 0 Å². The molecule has 0 aliphatic carbocycles. The van der Waals surface area contributed by atoms with Gasteiger partial charge in [-0.3, -0.25) is 9.98 Å². The number of methoxy groups -OCH3 is 1. The SMILES string of the molecule is C/C=C\N=C(c1ccc(C2=c3ccncc3=C(N)CCN2)c(OCOC)c1)C(C)CC.CC.CC.CCCCCCC(C)CC. The molecule has 45 heavy (non-hydrogen) atoms. The number of ether oxygens (including phenoxy) is 2. The second kappa shape index (κ2) is 26.1. The lowest BCUT2D eigenvalue weighted by Gasteiger charge is -2.18. The maximum atomic E-state index is 6.31. The van der Waals surface area contributed by atoms with E-state index in [1.54, 1.807) is 13.3 Å². The van der Waals surface area contributed by atoms with Gasteiger partial charge in [0.1, 0.15) is 5.75 Å². The number of nitrogens with two attached hydrogens (primary N) is 1. The zero-order valence-corrected chi connectivity index (χ0v) is 30.6. The molecule has 0 bridgehead atoms. The minimum absolute atomic E-state index is 0.159. The lowest BCUT2D eigenvalue weighted by Crippen LogP contribution is -2.33. The van der Waals surface area contributed by atoms with E-state index in [-0.39, 0.29) is 6.79 Å². The van der Waals surface area contributed by atoms with Gasteiger partial charge in [0.2, 0.25) is 0 Å². The monoisotopic (exact) mass is 623 g/mol. The number of benzene rings is 1. The van der Waals surface area contributed by atoms with Crippen LogP contribution in [0.25, 0.3) is 11.4 Å². The molecule has 1 aromatic carbocycles. The second-order valence-electron chi connectivity index (χ2n) is 10.9. The van der Waals surface area contributed by atoms with Gasteiger partial charge in [-0.25, -0.2) is 0 Å². The molecule has 0 amide bonds. The normalized spacial score (nSPS) is 13.9. The highest BCUT2D eigenvalue weighted by Crippen LogP contribution is 2.27. The van der Waals surface area contributed by atoms with Crippen LogP contribution < -0.4 is 26.2 Å². The van der Waals surface area contributed by atoms with Crippen LogP contribution in [0.4, 0.5) is 0 Å². The van der Waals surface area contributed by atoms with Crippen molar-refractivity contribution in [2.75, 3.05) is 20.4 Å². The summed E-state index contributed by atoms with van der Waals surface area (Å²) < 4.78 is 11.2. The van der Waals surface area contributed by atoms with Crippen LogP contribution in [0.3, 0.4) is 0 Å². The van der Waals surface area contributed by atoms with Crippen LogP contribution in [0, 0.1) is 11.8 Å². The average Bonchev–Trinajstić information content (AvgIpc) is 3.26. The molecule has 6 heteroatoms. The van der Waals surface area contributed by atoms with E-state index in [0.717, 1.165) is 69.7 Å². The molecule has 3 rings (SSSR count). The fourth-order valence-corrected chi connectivity index (χ4v) is 4.75. The molecule has 0 saturated carbocycles. The van der Waals surface area contributed by atoms with Gasteiger partial charge in [0.05, 0.1) is 11.4 Å². The number of fused-ring (bicyclic) bond motifs is 1. The van der Waals surface area contributed by atoms with Crippen LogP contribution in [0.15, 0.2) is 53.9 Å². The van der Waals surface area contributed by atoms with Crippen LogP contribution in [0.5, 0.6) is 5.75 Å². The lowest BCUT2D eigenvalue weighted by atomic mass is 9.94. The fraction of sp³-hybridized carbons (Fsp3) is 0.590. The lowest BCUT2D eigenvalue weighted by molar-refractivity contribution is 0.0509.